The highest BCUT2D eigenvalue weighted by molar-refractivity contribution is 9.10. The van der Waals surface area contributed by atoms with E-state index in [2.05, 4.69) is 47.7 Å². The summed E-state index contributed by atoms with van der Waals surface area (Å²) in [5.41, 5.74) is 2.63. The molecule has 2 rings (SSSR count). The van der Waals surface area contributed by atoms with Crippen LogP contribution in [-0.4, -0.2) is 18.2 Å². The Morgan fingerprint density at radius 2 is 1.95 bits per heavy atom. The predicted molar refractivity (Wildman–Crippen MR) is 93.8 cm³/mol. The first-order chi connectivity index (χ1) is 9.79. The van der Waals surface area contributed by atoms with Crippen LogP contribution >= 0.6 is 15.9 Å². The van der Waals surface area contributed by atoms with Gasteiger partial charge in [0, 0.05) is 17.6 Å². The molecule has 118 valence electrons. The largest absolute Gasteiger partial charge is 0.389 e. The average Bonchev–Trinajstić information content (AvgIpc) is 2.63. The van der Waals surface area contributed by atoms with Crippen molar-refractivity contribution in [2.24, 2.45) is 11.3 Å². The lowest BCUT2D eigenvalue weighted by Gasteiger charge is -2.30. The quantitative estimate of drug-likeness (QED) is 0.793. The van der Waals surface area contributed by atoms with Crippen molar-refractivity contribution in [1.82, 2.24) is 0 Å². The van der Waals surface area contributed by atoms with Crippen molar-refractivity contribution in [3.05, 3.63) is 28.2 Å². The number of anilines is 1. The van der Waals surface area contributed by atoms with E-state index in [0.717, 1.165) is 29.0 Å². The normalized spacial score (nSPS) is 22.0. The van der Waals surface area contributed by atoms with E-state index in [-0.39, 0.29) is 0 Å². The zero-order chi connectivity index (χ0) is 15.6. The maximum atomic E-state index is 9.68. The van der Waals surface area contributed by atoms with Gasteiger partial charge in [0.05, 0.1) is 11.8 Å². The fraction of sp³-hybridized carbons (Fsp3) is 0.667. The summed E-state index contributed by atoms with van der Waals surface area (Å²) in [7, 11) is 0. The van der Waals surface area contributed by atoms with Gasteiger partial charge in [-0.2, -0.15) is 0 Å². The third kappa shape index (κ3) is 4.23. The number of aliphatic hydroxyl groups excluding tert-OH is 1. The van der Waals surface area contributed by atoms with Crippen molar-refractivity contribution in [3.63, 3.8) is 0 Å². The van der Waals surface area contributed by atoms with E-state index < -0.39 is 6.10 Å². The Labute approximate surface area is 137 Å². The van der Waals surface area contributed by atoms with Crippen molar-refractivity contribution in [2.45, 2.75) is 53.1 Å². The van der Waals surface area contributed by atoms with Crippen LogP contribution in [0.1, 0.15) is 58.6 Å². The molecule has 1 N–H and O–H groups in total. The lowest BCUT2D eigenvalue weighted by molar-refractivity contribution is 0.199. The van der Waals surface area contributed by atoms with E-state index in [1.54, 1.807) is 6.92 Å². The van der Waals surface area contributed by atoms with Crippen molar-refractivity contribution in [3.8, 4) is 0 Å². The van der Waals surface area contributed by atoms with Crippen LogP contribution < -0.4 is 4.90 Å². The second-order valence-corrected chi connectivity index (χ2v) is 8.22. The molecule has 0 radical (unpaired) electrons. The van der Waals surface area contributed by atoms with Gasteiger partial charge in [0.1, 0.15) is 0 Å². The number of rotatable bonds is 2. The molecule has 1 aromatic carbocycles. The Bertz CT molecular complexity index is 479. The molecule has 1 heterocycles. The predicted octanol–water partition coefficient (Wildman–Crippen LogP) is 5.16. The maximum absolute atomic E-state index is 9.68. The first kappa shape index (κ1) is 16.8. The molecule has 0 saturated carbocycles. The Kier molecular flexibility index (Phi) is 5.37. The summed E-state index contributed by atoms with van der Waals surface area (Å²) >= 11 is 3.68. The van der Waals surface area contributed by atoms with Crippen molar-refractivity contribution < 1.29 is 5.11 Å². The highest BCUT2D eigenvalue weighted by Crippen LogP contribution is 2.37. The minimum absolute atomic E-state index is 0.406. The molecule has 0 spiro atoms. The number of benzene rings is 1. The Morgan fingerprint density at radius 1 is 1.24 bits per heavy atom. The molecule has 1 saturated heterocycles. The zero-order valence-electron chi connectivity index (χ0n) is 13.7. The topological polar surface area (TPSA) is 23.5 Å². The van der Waals surface area contributed by atoms with Crippen molar-refractivity contribution >= 4 is 21.6 Å². The van der Waals surface area contributed by atoms with Crippen LogP contribution in [0, 0.1) is 11.3 Å². The third-order valence-electron chi connectivity index (χ3n) is 4.75. The van der Waals surface area contributed by atoms with E-state index in [1.165, 1.54) is 24.9 Å². The van der Waals surface area contributed by atoms with Crippen LogP contribution in [0.5, 0.6) is 0 Å². The van der Waals surface area contributed by atoms with Gasteiger partial charge in [-0.15, -0.1) is 0 Å². The van der Waals surface area contributed by atoms with Gasteiger partial charge in [-0.05, 0) is 71.1 Å². The molecule has 0 amide bonds. The number of halogens is 1. The molecular formula is C18H28BrNO. The second kappa shape index (κ2) is 6.70. The van der Waals surface area contributed by atoms with E-state index in [1.807, 2.05) is 12.1 Å². The standard InChI is InChI=1S/C18H28BrNO/c1-13(21)14-7-8-17(16(19)12-14)20-10-5-6-15(9-11-20)18(2,3)4/h7-8,12-13,15,21H,5-6,9-11H2,1-4H3/t13-,15?/m0/s1. The van der Waals surface area contributed by atoms with E-state index in [4.69, 9.17) is 0 Å². The minimum Gasteiger partial charge on any atom is -0.389 e. The molecule has 1 aliphatic heterocycles. The Hall–Kier alpha value is -0.540. The third-order valence-corrected chi connectivity index (χ3v) is 5.38. The number of aliphatic hydroxyl groups is 1. The van der Waals surface area contributed by atoms with E-state index in [0.29, 0.717) is 5.41 Å². The number of hydrogen-bond acceptors (Lipinski definition) is 2. The molecule has 0 bridgehead atoms. The molecular weight excluding hydrogens is 326 g/mol. The van der Waals surface area contributed by atoms with E-state index in [9.17, 15) is 5.11 Å². The molecule has 2 nitrogen and oxygen atoms in total. The smallest absolute Gasteiger partial charge is 0.0762 e. The van der Waals surface area contributed by atoms with Gasteiger partial charge in [0.15, 0.2) is 0 Å². The van der Waals surface area contributed by atoms with Crippen LogP contribution in [0.4, 0.5) is 5.69 Å². The Morgan fingerprint density at radius 3 is 2.52 bits per heavy atom. The van der Waals surface area contributed by atoms with Gasteiger partial charge in [-0.25, -0.2) is 0 Å². The summed E-state index contributed by atoms with van der Waals surface area (Å²) in [4.78, 5) is 2.49. The second-order valence-electron chi connectivity index (χ2n) is 7.37. The van der Waals surface area contributed by atoms with Gasteiger partial charge in [-0.1, -0.05) is 26.8 Å². The fourth-order valence-electron chi connectivity index (χ4n) is 3.24. The minimum atomic E-state index is -0.412. The Balaban J connectivity index is 2.12. The fourth-order valence-corrected chi connectivity index (χ4v) is 3.89. The lowest BCUT2D eigenvalue weighted by atomic mass is 9.77. The summed E-state index contributed by atoms with van der Waals surface area (Å²) in [6.45, 7) is 11.1. The van der Waals surface area contributed by atoms with E-state index >= 15 is 0 Å². The average molecular weight is 354 g/mol. The van der Waals surface area contributed by atoms with Crippen molar-refractivity contribution in [2.75, 3.05) is 18.0 Å². The molecule has 1 unspecified atom stereocenters. The molecule has 0 aromatic heterocycles. The molecule has 21 heavy (non-hydrogen) atoms. The summed E-state index contributed by atoms with van der Waals surface area (Å²) < 4.78 is 1.09. The maximum Gasteiger partial charge on any atom is 0.0762 e. The molecule has 0 aliphatic carbocycles. The summed E-state index contributed by atoms with van der Waals surface area (Å²) in [5, 5.41) is 9.68. The van der Waals surface area contributed by atoms with Crippen LogP contribution in [0.25, 0.3) is 0 Å². The molecule has 1 aromatic rings. The summed E-state index contributed by atoms with van der Waals surface area (Å²) in [5.74, 6) is 0.804. The highest BCUT2D eigenvalue weighted by atomic mass is 79.9. The number of hydrogen-bond donors (Lipinski definition) is 1. The lowest BCUT2D eigenvalue weighted by Crippen LogP contribution is -2.26. The summed E-state index contributed by atoms with van der Waals surface area (Å²) in [6, 6.07) is 6.23. The van der Waals surface area contributed by atoms with Crippen LogP contribution in [0.3, 0.4) is 0 Å². The SMILES string of the molecule is C[C@H](O)c1ccc(N2CCCC(C(C)(C)C)CC2)c(Br)c1. The molecule has 2 atom stereocenters. The van der Waals surface area contributed by atoms with Gasteiger partial charge < -0.3 is 10.0 Å². The van der Waals surface area contributed by atoms with Crippen LogP contribution in [-0.2, 0) is 0 Å². The molecule has 1 aliphatic rings. The molecule has 1 fully saturated rings. The first-order valence-corrected chi connectivity index (χ1v) is 8.81. The molecule has 3 heteroatoms. The zero-order valence-corrected chi connectivity index (χ0v) is 15.3. The van der Waals surface area contributed by atoms with Crippen molar-refractivity contribution in [1.29, 1.82) is 0 Å². The van der Waals surface area contributed by atoms with Gasteiger partial charge in [0.2, 0.25) is 0 Å². The van der Waals surface area contributed by atoms with Gasteiger partial charge in [0.25, 0.3) is 0 Å². The number of nitrogens with zero attached hydrogens (tertiary/aromatic N) is 1. The van der Waals surface area contributed by atoms with Crippen LogP contribution in [0.2, 0.25) is 0 Å². The summed E-state index contributed by atoms with van der Waals surface area (Å²) in [6.07, 6.45) is 3.43. The van der Waals surface area contributed by atoms with Gasteiger partial charge in [-0.3, -0.25) is 0 Å². The monoisotopic (exact) mass is 353 g/mol. The highest BCUT2D eigenvalue weighted by Gasteiger charge is 2.27. The van der Waals surface area contributed by atoms with Gasteiger partial charge >= 0.3 is 0 Å². The first-order valence-electron chi connectivity index (χ1n) is 8.01. The van der Waals surface area contributed by atoms with Crippen LogP contribution in [0.15, 0.2) is 22.7 Å².